The van der Waals surface area contributed by atoms with Crippen molar-refractivity contribution in [2.24, 2.45) is 0 Å². The molecule has 2 aromatic carbocycles. The molecule has 114 valence electrons. The van der Waals surface area contributed by atoms with Gasteiger partial charge < -0.3 is 9.84 Å². The highest BCUT2D eigenvalue weighted by molar-refractivity contribution is 5.85. The summed E-state index contributed by atoms with van der Waals surface area (Å²) in [4.78, 5) is 0. The van der Waals surface area contributed by atoms with Crippen LogP contribution in [-0.2, 0) is 4.74 Å². The summed E-state index contributed by atoms with van der Waals surface area (Å²) in [6.07, 6.45) is 5.61. The zero-order chi connectivity index (χ0) is 14.9. The van der Waals surface area contributed by atoms with Crippen LogP contribution >= 0.6 is 0 Å². The van der Waals surface area contributed by atoms with Crippen molar-refractivity contribution in [1.29, 1.82) is 0 Å². The molecular formula is C19H26O2. The first-order valence-electron chi connectivity index (χ1n) is 8.06. The Morgan fingerprint density at radius 1 is 0.952 bits per heavy atom. The molecule has 2 nitrogen and oxygen atoms in total. The molecule has 1 N–H and O–H groups in total. The Morgan fingerprint density at radius 2 is 1.71 bits per heavy atom. The first-order chi connectivity index (χ1) is 10.3. The second kappa shape index (κ2) is 8.81. The van der Waals surface area contributed by atoms with Gasteiger partial charge in [0.05, 0.1) is 6.61 Å². The number of fused-ring (bicyclic) bond motifs is 1. The quantitative estimate of drug-likeness (QED) is 0.667. The first kappa shape index (κ1) is 16.0. The van der Waals surface area contributed by atoms with Gasteiger partial charge in [0.1, 0.15) is 6.10 Å². The first-order valence-corrected chi connectivity index (χ1v) is 8.06. The molecule has 0 saturated heterocycles. The minimum absolute atomic E-state index is 0.377. The van der Waals surface area contributed by atoms with E-state index >= 15 is 0 Å². The van der Waals surface area contributed by atoms with Crippen molar-refractivity contribution in [3.63, 3.8) is 0 Å². The van der Waals surface area contributed by atoms with E-state index < -0.39 is 6.10 Å². The van der Waals surface area contributed by atoms with Gasteiger partial charge in [-0.2, -0.15) is 0 Å². The number of hydrogen-bond donors (Lipinski definition) is 1. The van der Waals surface area contributed by atoms with Crippen LogP contribution in [0.2, 0.25) is 0 Å². The molecule has 2 aromatic rings. The number of benzene rings is 2. The average molecular weight is 286 g/mol. The lowest BCUT2D eigenvalue weighted by Crippen LogP contribution is -2.08. The second-order valence-electron chi connectivity index (χ2n) is 5.57. The fourth-order valence-corrected chi connectivity index (χ4v) is 2.63. The maximum Gasteiger partial charge on any atom is 0.103 e. The fraction of sp³-hybridized carbons (Fsp3) is 0.474. The average Bonchev–Trinajstić information content (AvgIpc) is 2.53. The van der Waals surface area contributed by atoms with E-state index in [0.717, 1.165) is 29.4 Å². The van der Waals surface area contributed by atoms with E-state index in [0.29, 0.717) is 6.61 Å². The SMILES string of the molecule is CCCCCCCOCC(O)c1cccc2ccccc12. The van der Waals surface area contributed by atoms with Gasteiger partial charge in [-0.1, -0.05) is 75.1 Å². The van der Waals surface area contributed by atoms with Crippen LogP contribution in [0.1, 0.15) is 50.7 Å². The van der Waals surface area contributed by atoms with Crippen LogP contribution in [0.25, 0.3) is 10.8 Å². The van der Waals surface area contributed by atoms with Gasteiger partial charge in [-0.05, 0) is 22.8 Å². The number of unbranched alkanes of at least 4 members (excludes halogenated alkanes) is 4. The largest absolute Gasteiger partial charge is 0.386 e. The number of rotatable bonds is 9. The Balaban J connectivity index is 1.81. The van der Waals surface area contributed by atoms with Gasteiger partial charge in [0.2, 0.25) is 0 Å². The molecule has 0 bridgehead atoms. The summed E-state index contributed by atoms with van der Waals surface area (Å²) < 4.78 is 5.63. The fourth-order valence-electron chi connectivity index (χ4n) is 2.63. The third-order valence-electron chi connectivity index (χ3n) is 3.85. The summed E-state index contributed by atoms with van der Waals surface area (Å²) in [5, 5.41) is 12.6. The van der Waals surface area contributed by atoms with E-state index in [9.17, 15) is 5.11 Å². The van der Waals surface area contributed by atoms with E-state index in [1.165, 1.54) is 25.7 Å². The minimum Gasteiger partial charge on any atom is -0.386 e. The highest BCUT2D eigenvalue weighted by atomic mass is 16.5. The molecule has 0 heterocycles. The summed E-state index contributed by atoms with van der Waals surface area (Å²) in [7, 11) is 0. The summed E-state index contributed by atoms with van der Waals surface area (Å²) >= 11 is 0. The van der Waals surface area contributed by atoms with Crippen molar-refractivity contribution in [3.05, 3.63) is 48.0 Å². The Hall–Kier alpha value is -1.38. The molecule has 0 fully saturated rings. The molecule has 1 unspecified atom stereocenters. The van der Waals surface area contributed by atoms with Gasteiger partial charge >= 0.3 is 0 Å². The van der Waals surface area contributed by atoms with Crippen molar-refractivity contribution >= 4 is 10.8 Å². The molecule has 1 atom stereocenters. The lowest BCUT2D eigenvalue weighted by atomic mass is 10.0. The van der Waals surface area contributed by atoms with E-state index in [1.54, 1.807) is 0 Å². The topological polar surface area (TPSA) is 29.5 Å². The van der Waals surface area contributed by atoms with Crippen LogP contribution in [0.5, 0.6) is 0 Å². The summed E-state index contributed by atoms with van der Waals surface area (Å²) in [5.74, 6) is 0. The third-order valence-corrected chi connectivity index (χ3v) is 3.85. The predicted molar refractivity (Wildman–Crippen MR) is 88.5 cm³/mol. The van der Waals surface area contributed by atoms with Gasteiger partial charge in [0.25, 0.3) is 0 Å². The van der Waals surface area contributed by atoms with Crippen LogP contribution in [0, 0.1) is 0 Å². The number of aliphatic hydroxyl groups excluding tert-OH is 1. The molecule has 2 heteroatoms. The summed E-state index contributed by atoms with van der Waals surface area (Å²) in [6, 6.07) is 14.2. The highest BCUT2D eigenvalue weighted by Gasteiger charge is 2.10. The number of aliphatic hydroxyl groups is 1. The van der Waals surface area contributed by atoms with Gasteiger partial charge in [0.15, 0.2) is 0 Å². The second-order valence-corrected chi connectivity index (χ2v) is 5.57. The Labute approximate surface area is 127 Å². The van der Waals surface area contributed by atoms with Gasteiger partial charge in [-0.3, -0.25) is 0 Å². The molecule has 2 rings (SSSR count). The Morgan fingerprint density at radius 3 is 2.57 bits per heavy atom. The van der Waals surface area contributed by atoms with Crippen LogP contribution in [-0.4, -0.2) is 18.3 Å². The zero-order valence-electron chi connectivity index (χ0n) is 12.9. The lowest BCUT2D eigenvalue weighted by molar-refractivity contribution is 0.0351. The summed E-state index contributed by atoms with van der Waals surface area (Å²) in [5.41, 5.74) is 0.957. The van der Waals surface area contributed by atoms with Crippen LogP contribution < -0.4 is 0 Å². The maximum atomic E-state index is 10.3. The Bertz CT molecular complexity index is 531. The monoisotopic (exact) mass is 286 g/mol. The molecule has 0 aliphatic heterocycles. The summed E-state index contributed by atoms with van der Waals surface area (Å²) in [6.45, 7) is 3.34. The predicted octanol–water partition coefficient (Wildman–Crippen LogP) is 4.86. The normalized spacial score (nSPS) is 12.7. The number of hydrogen-bond acceptors (Lipinski definition) is 2. The van der Waals surface area contributed by atoms with E-state index in [1.807, 2.05) is 24.3 Å². The smallest absolute Gasteiger partial charge is 0.103 e. The lowest BCUT2D eigenvalue weighted by Gasteiger charge is -2.14. The van der Waals surface area contributed by atoms with Gasteiger partial charge in [-0.15, -0.1) is 0 Å². The zero-order valence-corrected chi connectivity index (χ0v) is 12.9. The molecular weight excluding hydrogens is 260 g/mol. The van der Waals surface area contributed by atoms with Crippen molar-refractivity contribution < 1.29 is 9.84 Å². The van der Waals surface area contributed by atoms with Crippen molar-refractivity contribution in [2.75, 3.05) is 13.2 Å². The van der Waals surface area contributed by atoms with Crippen LogP contribution in [0.15, 0.2) is 42.5 Å². The molecule has 0 spiro atoms. The highest BCUT2D eigenvalue weighted by Crippen LogP contribution is 2.24. The van der Waals surface area contributed by atoms with Crippen molar-refractivity contribution in [1.82, 2.24) is 0 Å². The van der Waals surface area contributed by atoms with E-state index in [2.05, 4.69) is 25.1 Å². The van der Waals surface area contributed by atoms with Crippen molar-refractivity contribution in [3.8, 4) is 0 Å². The van der Waals surface area contributed by atoms with E-state index in [-0.39, 0.29) is 0 Å². The molecule has 0 radical (unpaired) electrons. The molecule has 0 saturated carbocycles. The van der Waals surface area contributed by atoms with Crippen molar-refractivity contribution in [2.45, 2.75) is 45.1 Å². The maximum absolute atomic E-state index is 10.3. The van der Waals surface area contributed by atoms with E-state index in [4.69, 9.17) is 4.74 Å². The van der Waals surface area contributed by atoms with Gasteiger partial charge in [-0.25, -0.2) is 0 Å². The molecule has 0 aliphatic rings. The van der Waals surface area contributed by atoms with Gasteiger partial charge in [0, 0.05) is 6.61 Å². The molecule has 0 aliphatic carbocycles. The number of ether oxygens (including phenoxy) is 1. The van der Waals surface area contributed by atoms with Crippen LogP contribution in [0.3, 0.4) is 0 Å². The van der Waals surface area contributed by atoms with Crippen LogP contribution in [0.4, 0.5) is 0 Å². The standard InChI is InChI=1S/C19H26O2/c1-2-3-4-5-8-14-21-15-19(20)18-13-9-11-16-10-6-7-12-17(16)18/h6-7,9-13,19-20H,2-5,8,14-15H2,1H3. The minimum atomic E-state index is -0.549. The molecule has 0 amide bonds. The molecule has 0 aromatic heterocycles. The Kier molecular flexibility index (Phi) is 6.71. The molecule has 21 heavy (non-hydrogen) atoms. The third kappa shape index (κ3) is 4.83.